The van der Waals surface area contributed by atoms with Crippen LogP contribution in [0.5, 0.6) is 0 Å². The molecule has 4 N–H and O–H groups in total. The maximum absolute atomic E-state index is 5.21. The number of rotatable bonds is 4. The van der Waals surface area contributed by atoms with Crippen LogP contribution in [0.1, 0.15) is 13.3 Å². The molecule has 0 aliphatic carbocycles. The minimum absolute atomic E-state index is 0.568. The fraction of sp³-hybridized carbons (Fsp3) is 0.667. The molecule has 0 heterocycles. The number of nitrogens with two attached hydrogens (primary N) is 2. The Morgan fingerprint density at radius 1 is 1.60 bits per heavy atom. The van der Waals surface area contributed by atoms with Crippen molar-refractivity contribution in [3.8, 4) is 0 Å². The molecule has 4 nitrogen and oxygen atoms in total. The van der Waals surface area contributed by atoms with Crippen molar-refractivity contribution >= 4 is 11.9 Å². The summed E-state index contributed by atoms with van der Waals surface area (Å²) in [7, 11) is 0. The first kappa shape index (κ1) is 9.10. The summed E-state index contributed by atoms with van der Waals surface area (Å²) in [6.45, 7) is 3.18. The van der Waals surface area contributed by atoms with Gasteiger partial charge in [-0.1, -0.05) is 6.92 Å². The average Bonchev–Trinajstić information content (AvgIpc) is 1.99. The number of hydrazone groups is 1. The van der Waals surface area contributed by atoms with E-state index in [1.54, 1.807) is 6.21 Å². The zero-order valence-corrected chi connectivity index (χ0v) is 6.25. The topological polar surface area (TPSA) is 76.8 Å². The van der Waals surface area contributed by atoms with Gasteiger partial charge in [0.15, 0.2) is 0 Å². The van der Waals surface area contributed by atoms with E-state index in [2.05, 4.69) is 10.1 Å². The van der Waals surface area contributed by atoms with E-state index in [0.717, 1.165) is 12.1 Å². The SMILES string of the molecule is CC/C(C=NCCN)=N/N. The van der Waals surface area contributed by atoms with E-state index in [-0.39, 0.29) is 0 Å². The largest absolute Gasteiger partial charge is 0.329 e. The summed E-state index contributed by atoms with van der Waals surface area (Å²) in [6.07, 6.45) is 2.47. The molecule has 0 aliphatic rings. The lowest BCUT2D eigenvalue weighted by Crippen LogP contribution is -2.06. The zero-order chi connectivity index (χ0) is 7.82. The Balaban J connectivity index is 3.63. The van der Waals surface area contributed by atoms with Gasteiger partial charge >= 0.3 is 0 Å². The van der Waals surface area contributed by atoms with Gasteiger partial charge in [0.2, 0.25) is 0 Å². The smallest absolute Gasteiger partial charge is 0.0775 e. The highest BCUT2D eigenvalue weighted by Gasteiger charge is 1.86. The Bertz CT molecular complexity index is 128. The molecule has 0 aromatic rings. The molecule has 0 saturated heterocycles. The number of hydrogen-bond donors (Lipinski definition) is 2. The number of hydrogen-bond acceptors (Lipinski definition) is 4. The van der Waals surface area contributed by atoms with Gasteiger partial charge in [-0.3, -0.25) is 4.99 Å². The predicted molar refractivity (Wildman–Crippen MR) is 44.3 cm³/mol. The molecule has 4 heteroatoms. The molecule has 0 aliphatic heterocycles. The van der Waals surface area contributed by atoms with Crippen LogP contribution in [0.25, 0.3) is 0 Å². The Morgan fingerprint density at radius 3 is 2.70 bits per heavy atom. The molecule has 58 valence electrons. The van der Waals surface area contributed by atoms with E-state index in [0.29, 0.717) is 13.1 Å². The molecule has 0 unspecified atom stereocenters. The van der Waals surface area contributed by atoms with Crippen molar-refractivity contribution in [1.82, 2.24) is 0 Å². The predicted octanol–water partition coefficient (Wildman–Crippen LogP) is -0.259. The normalized spacial score (nSPS) is 12.8. The Morgan fingerprint density at radius 2 is 2.30 bits per heavy atom. The van der Waals surface area contributed by atoms with Gasteiger partial charge in [-0.15, -0.1) is 0 Å². The third-order valence-electron chi connectivity index (χ3n) is 1.03. The fourth-order valence-corrected chi connectivity index (χ4v) is 0.460. The second-order valence-corrected chi connectivity index (χ2v) is 1.80. The molecule has 0 bridgehead atoms. The van der Waals surface area contributed by atoms with Gasteiger partial charge in [0.1, 0.15) is 0 Å². The lowest BCUT2D eigenvalue weighted by Gasteiger charge is -1.90. The summed E-state index contributed by atoms with van der Waals surface area (Å²) in [4.78, 5) is 3.97. The summed E-state index contributed by atoms with van der Waals surface area (Å²) in [6, 6.07) is 0. The summed E-state index contributed by atoms with van der Waals surface area (Å²) < 4.78 is 0. The Hall–Kier alpha value is -0.900. The van der Waals surface area contributed by atoms with Crippen LogP contribution in [-0.2, 0) is 0 Å². The van der Waals surface area contributed by atoms with Crippen molar-refractivity contribution in [2.24, 2.45) is 21.7 Å². The van der Waals surface area contributed by atoms with Crippen LogP contribution in [0.3, 0.4) is 0 Å². The Kier molecular flexibility index (Phi) is 5.66. The van der Waals surface area contributed by atoms with Crippen LogP contribution in [0, 0.1) is 0 Å². The molecule has 0 fully saturated rings. The molecule has 0 amide bonds. The highest BCUT2D eigenvalue weighted by Crippen LogP contribution is 1.78. The highest BCUT2D eigenvalue weighted by molar-refractivity contribution is 6.30. The summed E-state index contributed by atoms with van der Waals surface area (Å²) in [5.41, 5.74) is 6.01. The molecule has 0 aromatic heterocycles. The average molecular weight is 142 g/mol. The van der Waals surface area contributed by atoms with Crippen molar-refractivity contribution in [3.63, 3.8) is 0 Å². The first-order valence-corrected chi connectivity index (χ1v) is 3.31. The zero-order valence-electron chi connectivity index (χ0n) is 6.25. The van der Waals surface area contributed by atoms with Gasteiger partial charge in [0, 0.05) is 12.8 Å². The summed E-state index contributed by atoms with van der Waals surface area (Å²) >= 11 is 0. The standard InChI is InChI=1S/C6H14N4/c1-2-6(10-8)5-9-4-3-7/h5H,2-4,7-8H2,1H3/b9-5?,10-6-. The van der Waals surface area contributed by atoms with Gasteiger partial charge in [0.25, 0.3) is 0 Å². The fourth-order valence-electron chi connectivity index (χ4n) is 0.460. The number of aliphatic imine (C=N–C) groups is 1. The van der Waals surface area contributed by atoms with Gasteiger partial charge in [-0.25, -0.2) is 0 Å². The van der Waals surface area contributed by atoms with Crippen LogP contribution in [-0.4, -0.2) is 25.0 Å². The van der Waals surface area contributed by atoms with Gasteiger partial charge in [-0.05, 0) is 6.42 Å². The third-order valence-corrected chi connectivity index (χ3v) is 1.03. The van der Waals surface area contributed by atoms with Crippen molar-refractivity contribution in [2.45, 2.75) is 13.3 Å². The minimum atomic E-state index is 0.568. The molecule has 0 atom stereocenters. The molecule has 0 saturated carbocycles. The molecule has 10 heavy (non-hydrogen) atoms. The van der Waals surface area contributed by atoms with E-state index >= 15 is 0 Å². The van der Waals surface area contributed by atoms with E-state index in [1.807, 2.05) is 6.92 Å². The van der Waals surface area contributed by atoms with Crippen LogP contribution in [0.15, 0.2) is 10.1 Å². The first-order valence-electron chi connectivity index (χ1n) is 3.31. The van der Waals surface area contributed by atoms with Gasteiger partial charge in [-0.2, -0.15) is 5.10 Å². The van der Waals surface area contributed by atoms with Gasteiger partial charge < -0.3 is 11.6 Å². The van der Waals surface area contributed by atoms with Crippen molar-refractivity contribution in [1.29, 1.82) is 0 Å². The maximum atomic E-state index is 5.21. The Labute approximate surface area is 61.0 Å². The van der Waals surface area contributed by atoms with E-state index in [1.165, 1.54) is 0 Å². The molecule has 0 aromatic carbocycles. The van der Waals surface area contributed by atoms with Crippen LogP contribution >= 0.6 is 0 Å². The third kappa shape index (κ3) is 4.03. The molecular formula is C6H14N4. The van der Waals surface area contributed by atoms with Gasteiger partial charge in [0.05, 0.1) is 12.3 Å². The minimum Gasteiger partial charge on any atom is -0.329 e. The second-order valence-electron chi connectivity index (χ2n) is 1.80. The van der Waals surface area contributed by atoms with E-state index in [4.69, 9.17) is 11.6 Å². The van der Waals surface area contributed by atoms with E-state index in [9.17, 15) is 0 Å². The lowest BCUT2D eigenvalue weighted by molar-refractivity contribution is 0.981. The molecular weight excluding hydrogens is 128 g/mol. The van der Waals surface area contributed by atoms with Crippen LogP contribution < -0.4 is 11.6 Å². The van der Waals surface area contributed by atoms with Crippen LogP contribution in [0.2, 0.25) is 0 Å². The highest BCUT2D eigenvalue weighted by atomic mass is 15.1. The van der Waals surface area contributed by atoms with Crippen molar-refractivity contribution < 1.29 is 0 Å². The second kappa shape index (κ2) is 6.22. The molecule has 0 radical (unpaired) electrons. The van der Waals surface area contributed by atoms with Crippen LogP contribution in [0.4, 0.5) is 0 Å². The van der Waals surface area contributed by atoms with Crippen molar-refractivity contribution in [3.05, 3.63) is 0 Å². The van der Waals surface area contributed by atoms with E-state index < -0.39 is 0 Å². The van der Waals surface area contributed by atoms with Crippen molar-refractivity contribution in [2.75, 3.05) is 13.1 Å². The monoisotopic (exact) mass is 142 g/mol. The summed E-state index contributed by atoms with van der Waals surface area (Å²) in [5.74, 6) is 5.03. The first-order chi connectivity index (χ1) is 4.85. The summed E-state index contributed by atoms with van der Waals surface area (Å²) in [5, 5.41) is 3.50. The molecule has 0 spiro atoms. The lowest BCUT2D eigenvalue weighted by atomic mass is 10.3. The molecule has 0 rings (SSSR count). The quantitative estimate of drug-likeness (QED) is 0.322. The maximum Gasteiger partial charge on any atom is 0.0775 e. The number of nitrogens with zero attached hydrogens (tertiary/aromatic N) is 2.